The van der Waals surface area contributed by atoms with Crippen molar-refractivity contribution in [3.63, 3.8) is 0 Å². The smallest absolute Gasteiger partial charge is 0.387 e. The molecule has 2 aromatic carbocycles. The van der Waals surface area contributed by atoms with E-state index >= 15 is 0 Å². The fourth-order valence-corrected chi connectivity index (χ4v) is 3.66. The minimum atomic E-state index is -3.73. The average molecular weight is 463 g/mol. The van der Waals surface area contributed by atoms with Crippen molar-refractivity contribution in [1.29, 1.82) is 0 Å². The molecule has 0 aliphatic rings. The number of rotatable bonds is 9. The molecule has 0 bridgehead atoms. The van der Waals surface area contributed by atoms with Crippen LogP contribution in [0.2, 0.25) is 5.02 Å². The van der Waals surface area contributed by atoms with E-state index in [9.17, 15) is 22.0 Å². The van der Waals surface area contributed by atoms with Gasteiger partial charge in [0.1, 0.15) is 0 Å². The molecule has 30 heavy (non-hydrogen) atoms. The van der Waals surface area contributed by atoms with Gasteiger partial charge in [0, 0.05) is 20.6 Å². The van der Waals surface area contributed by atoms with Gasteiger partial charge in [0.15, 0.2) is 11.5 Å². The molecular formula is C19H21ClF2N2O5S. The molecule has 164 valence electrons. The van der Waals surface area contributed by atoms with Crippen LogP contribution in [0.4, 0.5) is 8.78 Å². The van der Waals surface area contributed by atoms with E-state index in [1.807, 2.05) is 0 Å². The molecule has 0 unspecified atom stereocenters. The topological polar surface area (TPSA) is 84.9 Å². The number of nitrogens with one attached hydrogen (secondary N) is 1. The summed E-state index contributed by atoms with van der Waals surface area (Å²) in [5.74, 6) is -0.511. The third-order valence-corrected chi connectivity index (χ3v) is 6.25. The normalized spacial score (nSPS) is 11.6. The van der Waals surface area contributed by atoms with Gasteiger partial charge in [-0.15, -0.1) is 0 Å². The van der Waals surface area contributed by atoms with Crippen LogP contribution in [0.3, 0.4) is 0 Å². The molecule has 1 N–H and O–H groups in total. The maximum Gasteiger partial charge on any atom is 0.387 e. The van der Waals surface area contributed by atoms with Crippen LogP contribution in [0, 0.1) is 0 Å². The van der Waals surface area contributed by atoms with E-state index in [1.165, 1.54) is 51.5 Å². The molecule has 0 radical (unpaired) electrons. The summed E-state index contributed by atoms with van der Waals surface area (Å²) in [5, 5.41) is 2.73. The number of carbonyl (C=O) groups excluding carboxylic acids is 1. The third-order valence-electron chi connectivity index (χ3n) is 4.10. The Kier molecular flexibility index (Phi) is 7.99. The zero-order valence-corrected chi connectivity index (χ0v) is 18.1. The lowest BCUT2D eigenvalue weighted by molar-refractivity contribution is -0.0512. The van der Waals surface area contributed by atoms with Crippen molar-refractivity contribution in [2.75, 3.05) is 27.7 Å². The molecule has 0 aliphatic carbocycles. The molecule has 1 amide bonds. The highest BCUT2D eigenvalue weighted by Crippen LogP contribution is 2.29. The molecule has 0 spiro atoms. The number of benzene rings is 2. The molecule has 0 saturated heterocycles. The molecule has 0 saturated carbocycles. The number of halogens is 3. The van der Waals surface area contributed by atoms with Crippen molar-refractivity contribution >= 4 is 27.5 Å². The number of nitrogens with zero attached hydrogens (tertiary/aromatic N) is 1. The Morgan fingerprint density at radius 3 is 2.47 bits per heavy atom. The van der Waals surface area contributed by atoms with Crippen LogP contribution in [0.5, 0.6) is 11.5 Å². The first-order chi connectivity index (χ1) is 14.1. The zero-order valence-electron chi connectivity index (χ0n) is 16.5. The fourth-order valence-electron chi connectivity index (χ4n) is 2.53. The quantitative estimate of drug-likeness (QED) is 0.618. The van der Waals surface area contributed by atoms with Crippen LogP contribution in [0.15, 0.2) is 41.3 Å². The van der Waals surface area contributed by atoms with Gasteiger partial charge < -0.3 is 14.8 Å². The van der Waals surface area contributed by atoms with E-state index in [1.54, 1.807) is 6.07 Å². The standard InChI is InChI=1S/C19H21ClF2N2O5S/c1-24(2)30(26,27)13-5-6-15(20)14(11-13)18(25)23-9-8-12-4-7-16(28-3)17(10-12)29-19(21)22/h4-7,10-11,19H,8-9H2,1-3H3,(H,23,25). The number of amides is 1. The van der Waals surface area contributed by atoms with Gasteiger partial charge >= 0.3 is 6.61 Å². The molecule has 0 aliphatic heterocycles. The van der Waals surface area contributed by atoms with E-state index in [-0.39, 0.29) is 33.5 Å². The lowest BCUT2D eigenvalue weighted by Crippen LogP contribution is -2.27. The molecule has 2 aromatic rings. The molecule has 7 nitrogen and oxygen atoms in total. The van der Waals surface area contributed by atoms with Crippen LogP contribution >= 0.6 is 11.6 Å². The van der Waals surface area contributed by atoms with Gasteiger partial charge in [0.05, 0.1) is 22.6 Å². The largest absolute Gasteiger partial charge is 0.493 e. The van der Waals surface area contributed by atoms with Crippen LogP contribution in [0.25, 0.3) is 0 Å². The van der Waals surface area contributed by atoms with E-state index < -0.39 is 22.5 Å². The van der Waals surface area contributed by atoms with E-state index in [0.29, 0.717) is 12.0 Å². The highest BCUT2D eigenvalue weighted by Gasteiger charge is 2.20. The fraction of sp³-hybridized carbons (Fsp3) is 0.316. The van der Waals surface area contributed by atoms with Gasteiger partial charge in [0.25, 0.3) is 5.91 Å². The molecule has 11 heteroatoms. The van der Waals surface area contributed by atoms with Crippen molar-refractivity contribution < 1.29 is 31.5 Å². The summed E-state index contributed by atoms with van der Waals surface area (Å²) >= 11 is 6.05. The lowest BCUT2D eigenvalue weighted by Gasteiger charge is -2.14. The summed E-state index contributed by atoms with van der Waals surface area (Å²) < 4.78 is 60.0. The Labute approximate surface area is 178 Å². The average Bonchev–Trinajstić information content (AvgIpc) is 2.67. The first-order valence-corrected chi connectivity index (χ1v) is 10.5. The molecule has 0 fully saturated rings. The van der Waals surface area contributed by atoms with Crippen LogP contribution in [0.1, 0.15) is 15.9 Å². The van der Waals surface area contributed by atoms with Gasteiger partial charge in [-0.2, -0.15) is 8.78 Å². The summed E-state index contributed by atoms with van der Waals surface area (Å²) in [6.07, 6.45) is 0.308. The Hall–Kier alpha value is -2.43. The molecule has 2 rings (SSSR count). The van der Waals surface area contributed by atoms with E-state index in [4.69, 9.17) is 16.3 Å². The highest BCUT2D eigenvalue weighted by molar-refractivity contribution is 7.89. The summed E-state index contributed by atoms with van der Waals surface area (Å²) in [4.78, 5) is 12.4. The third kappa shape index (κ3) is 5.80. The second-order valence-electron chi connectivity index (χ2n) is 6.30. The number of methoxy groups -OCH3 is 1. The zero-order chi connectivity index (χ0) is 22.5. The highest BCUT2D eigenvalue weighted by atomic mass is 35.5. The number of hydrogen-bond acceptors (Lipinski definition) is 5. The van der Waals surface area contributed by atoms with Crippen LogP contribution in [-0.4, -0.2) is 53.0 Å². The molecule has 0 atom stereocenters. The second-order valence-corrected chi connectivity index (χ2v) is 8.86. The Balaban J connectivity index is 2.10. The predicted octanol–water partition coefficient (Wildman–Crippen LogP) is 3.17. The second kappa shape index (κ2) is 10.1. The molecule has 0 heterocycles. The lowest BCUT2D eigenvalue weighted by atomic mass is 10.1. The Bertz CT molecular complexity index is 1020. The number of carbonyl (C=O) groups is 1. The van der Waals surface area contributed by atoms with Crippen molar-refractivity contribution in [3.8, 4) is 11.5 Å². The number of ether oxygens (including phenoxy) is 2. The van der Waals surface area contributed by atoms with Crippen LogP contribution < -0.4 is 14.8 Å². The van der Waals surface area contributed by atoms with Crippen molar-refractivity contribution in [3.05, 3.63) is 52.5 Å². The Morgan fingerprint density at radius 2 is 1.87 bits per heavy atom. The monoisotopic (exact) mass is 462 g/mol. The van der Waals surface area contributed by atoms with Crippen molar-refractivity contribution in [2.45, 2.75) is 17.9 Å². The van der Waals surface area contributed by atoms with Crippen LogP contribution in [-0.2, 0) is 16.4 Å². The number of hydrogen-bond donors (Lipinski definition) is 1. The summed E-state index contributed by atoms with van der Waals surface area (Å²) in [6.45, 7) is -2.85. The van der Waals surface area contributed by atoms with Gasteiger partial charge in [-0.05, 0) is 42.3 Å². The maximum absolute atomic E-state index is 12.5. The van der Waals surface area contributed by atoms with Gasteiger partial charge in [0.2, 0.25) is 10.0 Å². The molecular weight excluding hydrogens is 442 g/mol. The summed E-state index contributed by atoms with van der Waals surface area (Å²) in [6, 6.07) is 8.39. The minimum absolute atomic E-state index is 0.0102. The van der Waals surface area contributed by atoms with Gasteiger partial charge in [-0.25, -0.2) is 12.7 Å². The Morgan fingerprint density at radius 1 is 1.17 bits per heavy atom. The van der Waals surface area contributed by atoms with Gasteiger partial charge in [-0.1, -0.05) is 17.7 Å². The number of alkyl halides is 2. The molecule has 0 aromatic heterocycles. The van der Waals surface area contributed by atoms with Crippen molar-refractivity contribution in [2.24, 2.45) is 0 Å². The SMILES string of the molecule is COc1ccc(CCNC(=O)c2cc(S(=O)(=O)N(C)C)ccc2Cl)cc1OC(F)F. The minimum Gasteiger partial charge on any atom is -0.493 e. The first kappa shape index (κ1) is 23.8. The van der Waals surface area contributed by atoms with Crippen molar-refractivity contribution in [1.82, 2.24) is 9.62 Å². The maximum atomic E-state index is 12.5. The summed E-state index contributed by atoms with van der Waals surface area (Å²) in [5.41, 5.74) is 0.637. The van der Waals surface area contributed by atoms with E-state index in [0.717, 1.165) is 4.31 Å². The van der Waals surface area contributed by atoms with E-state index in [2.05, 4.69) is 10.1 Å². The number of sulfonamides is 1. The summed E-state index contributed by atoms with van der Waals surface area (Å²) in [7, 11) is 0.367. The van der Waals surface area contributed by atoms with Gasteiger partial charge in [-0.3, -0.25) is 4.79 Å². The predicted molar refractivity (Wildman–Crippen MR) is 108 cm³/mol. The first-order valence-electron chi connectivity index (χ1n) is 8.68.